The summed E-state index contributed by atoms with van der Waals surface area (Å²) in [6.07, 6.45) is 7.29. The van der Waals surface area contributed by atoms with Crippen LogP contribution in [0.15, 0.2) is 0 Å². The van der Waals surface area contributed by atoms with Crippen molar-refractivity contribution in [3.63, 3.8) is 0 Å². The third-order valence-electron chi connectivity index (χ3n) is 1.55. The van der Waals surface area contributed by atoms with Crippen molar-refractivity contribution in [2.24, 2.45) is 0 Å². The van der Waals surface area contributed by atoms with Gasteiger partial charge in [-0.2, -0.15) is 0 Å². The monoisotopic (exact) mass is 330 g/mol. The summed E-state index contributed by atoms with van der Waals surface area (Å²) in [5.74, 6) is 0. The summed E-state index contributed by atoms with van der Waals surface area (Å²) < 4.78 is 0. The third kappa shape index (κ3) is 9.12. The van der Waals surface area contributed by atoms with Crippen molar-refractivity contribution in [2.75, 3.05) is 19.5 Å². The summed E-state index contributed by atoms with van der Waals surface area (Å²) in [5, 5.41) is 0. The molecule has 62 valence electrons. The van der Waals surface area contributed by atoms with Gasteiger partial charge in [-0.25, -0.2) is 0 Å². The van der Waals surface area contributed by atoms with Gasteiger partial charge in [-0.05, 0) is 0 Å². The van der Waals surface area contributed by atoms with Gasteiger partial charge in [0.15, 0.2) is 0 Å². The van der Waals surface area contributed by atoms with Gasteiger partial charge in [-0.1, -0.05) is 0 Å². The van der Waals surface area contributed by atoms with E-state index in [0.717, 1.165) is 0 Å². The zero-order valence-corrected chi connectivity index (χ0v) is 11.2. The van der Waals surface area contributed by atoms with Crippen molar-refractivity contribution in [1.82, 2.24) is 0 Å². The van der Waals surface area contributed by atoms with Gasteiger partial charge >= 0.3 is 75.8 Å². The Hall–Kier alpha value is 1.12. The topological polar surface area (TPSA) is 0 Å². The molecule has 0 aliphatic heterocycles. The van der Waals surface area contributed by atoms with Gasteiger partial charge in [0.05, 0.1) is 0 Å². The van der Waals surface area contributed by atoms with Crippen LogP contribution in [0.3, 0.4) is 0 Å². The predicted molar refractivity (Wildman–Crippen MR) is 47.8 cm³/mol. The second-order valence-electron chi connectivity index (χ2n) is 3.36. The molecule has 0 radical (unpaired) electrons. The number of hydrogen-bond acceptors (Lipinski definition) is 0. The molecular formula is C8H19PW. The predicted octanol–water partition coefficient (Wildman–Crippen LogP) is 3.31. The number of rotatable bonds is 5. The standard InChI is InChI=1S/C8H19P.W/c1-4-5-6-7-8-9(2)3;/h4-8H2,1-3H3;. The van der Waals surface area contributed by atoms with Crippen LogP contribution in [0.25, 0.3) is 0 Å². The number of unbranched alkanes of at least 4 members (excludes halogenated alkanes) is 3. The molecule has 0 fully saturated rings. The van der Waals surface area contributed by atoms with E-state index in [1.165, 1.54) is 31.8 Å². The summed E-state index contributed by atoms with van der Waals surface area (Å²) in [7, 11) is 0. The van der Waals surface area contributed by atoms with Crippen LogP contribution in [0.4, 0.5) is 0 Å². The van der Waals surface area contributed by atoms with Crippen LogP contribution in [0, 0.1) is 0 Å². The quantitative estimate of drug-likeness (QED) is 0.536. The van der Waals surface area contributed by atoms with Crippen molar-refractivity contribution < 1.29 is 18.8 Å². The molecule has 0 spiro atoms. The Morgan fingerprint density at radius 1 is 1.10 bits per heavy atom. The molecule has 0 saturated heterocycles. The summed E-state index contributed by atoms with van der Waals surface area (Å²) in [4.78, 5) is -0.373. The molecular weight excluding hydrogens is 311 g/mol. The third-order valence-corrected chi connectivity index (χ3v) is 4.91. The molecule has 2 heteroatoms. The van der Waals surface area contributed by atoms with Crippen molar-refractivity contribution in [1.29, 1.82) is 0 Å². The first-order valence-corrected chi connectivity index (χ1v) is 10.8. The molecule has 10 heavy (non-hydrogen) atoms. The average molecular weight is 330 g/mol. The molecule has 0 aliphatic carbocycles. The van der Waals surface area contributed by atoms with Crippen LogP contribution in [0.5, 0.6) is 0 Å². The van der Waals surface area contributed by atoms with Gasteiger partial charge in [0.1, 0.15) is 0 Å². The molecule has 0 aromatic heterocycles. The van der Waals surface area contributed by atoms with E-state index in [4.69, 9.17) is 0 Å². The maximum atomic E-state index is 2.47. The summed E-state index contributed by atoms with van der Waals surface area (Å²) in [5.41, 5.74) is 0. The second kappa shape index (κ2) is 5.73. The van der Waals surface area contributed by atoms with E-state index in [1.807, 2.05) is 18.8 Å². The van der Waals surface area contributed by atoms with Crippen LogP contribution in [0.2, 0.25) is 0 Å². The van der Waals surface area contributed by atoms with E-state index in [1.54, 1.807) is 0 Å². The van der Waals surface area contributed by atoms with Crippen LogP contribution >= 0.6 is 4.90 Å². The molecule has 0 saturated carbocycles. The van der Waals surface area contributed by atoms with Crippen LogP contribution < -0.4 is 0 Å². The Balaban J connectivity index is 3.13. The number of hydrogen-bond donors (Lipinski definition) is 0. The molecule has 0 nitrogen and oxygen atoms in total. The van der Waals surface area contributed by atoms with Crippen molar-refractivity contribution >= 4 is 4.90 Å². The van der Waals surface area contributed by atoms with E-state index in [-0.39, 0.29) is 4.90 Å². The van der Waals surface area contributed by atoms with E-state index in [2.05, 4.69) is 20.3 Å². The molecule has 0 atom stereocenters. The van der Waals surface area contributed by atoms with Gasteiger partial charge in [0.25, 0.3) is 0 Å². The van der Waals surface area contributed by atoms with Crippen LogP contribution in [-0.2, 0) is 18.8 Å². The van der Waals surface area contributed by atoms with E-state index in [0.29, 0.717) is 0 Å². The molecule has 0 aliphatic rings. The zero-order valence-electron chi connectivity index (χ0n) is 7.39. The van der Waals surface area contributed by atoms with Gasteiger partial charge in [0.2, 0.25) is 0 Å². The normalized spacial score (nSPS) is 11.9. The Kier molecular flexibility index (Phi) is 6.37. The minimum absolute atomic E-state index is 0.373. The van der Waals surface area contributed by atoms with E-state index < -0.39 is 0 Å². The van der Waals surface area contributed by atoms with Crippen LogP contribution in [-0.4, -0.2) is 19.5 Å². The first kappa shape index (κ1) is 11.1. The first-order chi connectivity index (χ1) is 4.56. The van der Waals surface area contributed by atoms with Crippen LogP contribution in [0.1, 0.15) is 32.6 Å². The van der Waals surface area contributed by atoms with Gasteiger partial charge in [-0.3, -0.25) is 0 Å². The summed E-state index contributed by atoms with van der Waals surface area (Å²) >= 11 is 1.85. The van der Waals surface area contributed by atoms with Crippen molar-refractivity contribution in [3.05, 3.63) is 0 Å². The molecule has 0 unspecified atom stereocenters. The Bertz CT molecular complexity index is 114. The molecule has 0 heterocycles. The Morgan fingerprint density at radius 3 is 2.10 bits per heavy atom. The molecule has 0 amide bonds. The summed E-state index contributed by atoms with van der Waals surface area (Å²) in [6.45, 7) is 7.21. The second-order valence-corrected chi connectivity index (χ2v) is 17.6. The Morgan fingerprint density at radius 2 is 1.70 bits per heavy atom. The average Bonchev–Trinajstić information content (AvgIpc) is 1.78. The van der Waals surface area contributed by atoms with Crippen molar-refractivity contribution in [2.45, 2.75) is 32.6 Å². The van der Waals surface area contributed by atoms with Gasteiger partial charge in [0, 0.05) is 0 Å². The minimum atomic E-state index is -0.373. The molecule has 0 N–H and O–H groups in total. The van der Waals surface area contributed by atoms with E-state index >= 15 is 0 Å². The summed E-state index contributed by atoms with van der Waals surface area (Å²) in [6, 6.07) is 0. The first-order valence-electron chi connectivity index (χ1n) is 4.10. The van der Waals surface area contributed by atoms with Gasteiger partial charge in [-0.15, -0.1) is 0 Å². The molecule has 0 aromatic carbocycles. The fourth-order valence-electron chi connectivity index (χ4n) is 0.919. The van der Waals surface area contributed by atoms with E-state index in [9.17, 15) is 0 Å². The Labute approximate surface area is 75.9 Å². The van der Waals surface area contributed by atoms with Crippen molar-refractivity contribution in [3.8, 4) is 0 Å². The molecule has 0 bridgehead atoms. The fourth-order valence-corrected chi connectivity index (χ4v) is 3.30. The molecule has 0 aromatic rings. The zero-order chi connectivity index (χ0) is 8.04. The SMILES string of the molecule is CCCCCC[P](C)(C)=[W]. The fraction of sp³-hybridized carbons (Fsp3) is 1.00. The maximum absolute atomic E-state index is 2.47. The molecule has 0 rings (SSSR count). The van der Waals surface area contributed by atoms with Gasteiger partial charge < -0.3 is 0 Å².